The molecular weight excluding hydrogens is 423 g/mol. The normalized spacial score (nSPS) is 19.5. The molecule has 2 aromatic rings. The van der Waals surface area contributed by atoms with Crippen LogP contribution in [0.2, 0.25) is 0 Å². The number of aliphatic hydroxyl groups excluding tert-OH is 1. The van der Waals surface area contributed by atoms with E-state index in [9.17, 15) is 31.5 Å². The monoisotopic (exact) mass is 443 g/mol. The fourth-order valence-corrected chi connectivity index (χ4v) is 4.68. The van der Waals surface area contributed by atoms with E-state index >= 15 is 0 Å². The highest BCUT2D eigenvalue weighted by Gasteiger charge is 2.27. The first-order valence-corrected chi connectivity index (χ1v) is 10.6. The first-order valence-electron chi connectivity index (χ1n) is 9.12. The van der Waals surface area contributed by atoms with Crippen LogP contribution in [0.3, 0.4) is 0 Å². The number of aliphatic hydroxyl groups is 1. The number of rotatable bonds is 5. The van der Waals surface area contributed by atoms with E-state index in [0.29, 0.717) is 37.8 Å². The molecule has 1 fully saturated rings. The van der Waals surface area contributed by atoms with Crippen LogP contribution in [0, 0.1) is 17.5 Å². The van der Waals surface area contributed by atoms with Gasteiger partial charge in [-0.1, -0.05) is 0 Å². The fraction of sp³-hybridized carbons (Fsp3) is 0.316. The van der Waals surface area contributed by atoms with Crippen molar-refractivity contribution in [2.45, 2.75) is 42.7 Å². The van der Waals surface area contributed by atoms with E-state index in [1.54, 1.807) is 0 Å². The highest BCUT2D eigenvalue weighted by molar-refractivity contribution is 7.89. The fourth-order valence-electron chi connectivity index (χ4n) is 3.22. The summed E-state index contributed by atoms with van der Waals surface area (Å²) >= 11 is 0. The van der Waals surface area contributed by atoms with Gasteiger partial charge in [0.15, 0.2) is 17.5 Å². The molecule has 0 aliphatic heterocycles. The van der Waals surface area contributed by atoms with Crippen LogP contribution in [-0.4, -0.2) is 31.6 Å². The predicted molar refractivity (Wildman–Crippen MR) is 104 cm³/mol. The van der Waals surface area contributed by atoms with Crippen LogP contribution < -0.4 is 15.8 Å². The SMILES string of the molecule is Nc1ccc(C(=O)Nc2cc(F)c(F)c(F)c2)cc1S(=O)(=O)N[C@H]1CC[C@@H](O)CC1. The van der Waals surface area contributed by atoms with Gasteiger partial charge in [-0.25, -0.2) is 26.3 Å². The molecule has 30 heavy (non-hydrogen) atoms. The number of anilines is 2. The molecule has 2 aromatic carbocycles. The van der Waals surface area contributed by atoms with Crippen LogP contribution in [0.15, 0.2) is 35.2 Å². The molecule has 5 N–H and O–H groups in total. The van der Waals surface area contributed by atoms with Crippen molar-refractivity contribution in [2.24, 2.45) is 0 Å². The summed E-state index contributed by atoms with van der Waals surface area (Å²) in [6.07, 6.45) is 1.40. The summed E-state index contributed by atoms with van der Waals surface area (Å²) in [6.45, 7) is 0. The Morgan fingerprint density at radius 3 is 2.23 bits per heavy atom. The molecule has 1 amide bonds. The molecule has 0 bridgehead atoms. The number of hydrogen-bond donors (Lipinski definition) is 4. The Bertz CT molecular complexity index is 1050. The smallest absolute Gasteiger partial charge is 0.255 e. The summed E-state index contributed by atoms with van der Waals surface area (Å²) < 4.78 is 67.7. The number of carbonyl (C=O) groups is 1. The van der Waals surface area contributed by atoms with Gasteiger partial charge in [-0.05, 0) is 43.9 Å². The topological polar surface area (TPSA) is 122 Å². The largest absolute Gasteiger partial charge is 0.398 e. The van der Waals surface area contributed by atoms with Gasteiger partial charge in [-0.3, -0.25) is 4.79 Å². The maximum atomic E-state index is 13.3. The second-order valence-electron chi connectivity index (χ2n) is 7.09. The molecule has 0 unspecified atom stereocenters. The lowest BCUT2D eigenvalue weighted by Gasteiger charge is -2.26. The van der Waals surface area contributed by atoms with Crippen LogP contribution in [0.4, 0.5) is 24.5 Å². The Hall–Kier alpha value is -2.63. The van der Waals surface area contributed by atoms with E-state index in [4.69, 9.17) is 5.73 Å². The van der Waals surface area contributed by atoms with Crippen molar-refractivity contribution in [1.29, 1.82) is 0 Å². The second kappa shape index (κ2) is 8.62. The number of carbonyl (C=O) groups excluding carboxylic acids is 1. The van der Waals surface area contributed by atoms with Crippen LogP contribution in [0.5, 0.6) is 0 Å². The standard InChI is InChI=1S/C19H20F3N3O4S/c20-14-8-12(9-15(21)18(14)22)24-19(27)10-1-6-16(23)17(7-10)30(28,29)25-11-2-4-13(26)5-3-11/h1,6-9,11,13,25-26H,2-5,23H2,(H,24,27)/t11-,13+. The van der Waals surface area contributed by atoms with Gasteiger partial charge >= 0.3 is 0 Å². The molecule has 0 saturated heterocycles. The zero-order valence-corrected chi connectivity index (χ0v) is 16.5. The lowest BCUT2D eigenvalue weighted by Crippen LogP contribution is -2.38. The average Bonchev–Trinajstić information content (AvgIpc) is 2.67. The Kier molecular flexibility index (Phi) is 6.34. The van der Waals surface area contributed by atoms with Gasteiger partial charge in [0.2, 0.25) is 10.0 Å². The number of hydrogen-bond acceptors (Lipinski definition) is 5. The minimum absolute atomic E-state index is 0.0891. The van der Waals surface area contributed by atoms with E-state index in [-0.39, 0.29) is 27.9 Å². The predicted octanol–water partition coefficient (Wildman–Crippen LogP) is 2.52. The molecule has 1 aliphatic carbocycles. The van der Waals surface area contributed by atoms with E-state index in [2.05, 4.69) is 10.0 Å². The Labute approximate surface area is 171 Å². The summed E-state index contributed by atoms with van der Waals surface area (Å²) in [7, 11) is -4.06. The summed E-state index contributed by atoms with van der Waals surface area (Å²) in [6, 6.07) is 4.34. The second-order valence-corrected chi connectivity index (χ2v) is 8.77. The van der Waals surface area contributed by atoms with E-state index in [0.717, 1.165) is 6.07 Å². The van der Waals surface area contributed by atoms with Crippen molar-refractivity contribution in [3.63, 3.8) is 0 Å². The zero-order valence-electron chi connectivity index (χ0n) is 15.7. The van der Waals surface area contributed by atoms with Crippen LogP contribution in [0.25, 0.3) is 0 Å². The van der Waals surface area contributed by atoms with Gasteiger partial charge in [0, 0.05) is 29.4 Å². The molecule has 0 spiro atoms. The summed E-state index contributed by atoms with van der Waals surface area (Å²) in [5.74, 6) is -5.49. The van der Waals surface area contributed by atoms with Gasteiger partial charge in [0.1, 0.15) is 4.90 Å². The average molecular weight is 443 g/mol. The lowest BCUT2D eigenvalue weighted by molar-refractivity contribution is 0.102. The number of sulfonamides is 1. The number of nitrogens with two attached hydrogens (primary N) is 1. The summed E-state index contributed by atoms with van der Waals surface area (Å²) in [5, 5.41) is 11.7. The number of benzene rings is 2. The molecule has 1 aliphatic rings. The van der Waals surface area contributed by atoms with Gasteiger partial charge in [0.05, 0.1) is 11.8 Å². The van der Waals surface area contributed by atoms with Crippen molar-refractivity contribution in [1.82, 2.24) is 4.72 Å². The highest BCUT2D eigenvalue weighted by Crippen LogP contribution is 2.25. The molecule has 162 valence electrons. The third-order valence-corrected chi connectivity index (χ3v) is 6.40. The molecule has 0 aromatic heterocycles. The molecule has 1 saturated carbocycles. The van der Waals surface area contributed by atoms with Gasteiger partial charge in [0.25, 0.3) is 5.91 Å². The maximum absolute atomic E-state index is 13.3. The van der Waals surface area contributed by atoms with Crippen LogP contribution in [-0.2, 0) is 10.0 Å². The molecule has 11 heteroatoms. The van der Waals surface area contributed by atoms with E-state index < -0.39 is 39.5 Å². The third kappa shape index (κ3) is 4.91. The number of nitrogens with one attached hydrogen (secondary N) is 2. The van der Waals surface area contributed by atoms with E-state index in [1.165, 1.54) is 12.1 Å². The van der Waals surface area contributed by atoms with Crippen molar-refractivity contribution in [3.05, 3.63) is 53.3 Å². The molecule has 3 rings (SSSR count). The first-order chi connectivity index (χ1) is 14.1. The Morgan fingerprint density at radius 2 is 1.63 bits per heavy atom. The minimum Gasteiger partial charge on any atom is -0.398 e. The third-order valence-electron chi connectivity index (χ3n) is 4.83. The van der Waals surface area contributed by atoms with Crippen molar-refractivity contribution >= 4 is 27.3 Å². The molecule has 7 nitrogen and oxygen atoms in total. The molecular formula is C19H20F3N3O4S. The van der Waals surface area contributed by atoms with Crippen molar-refractivity contribution in [2.75, 3.05) is 11.1 Å². The van der Waals surface area contributed by atoms with E-state index in [1.807, 2.05) is 0 Å². The Morgan fingerprint density at radius 1 is 1.03 bits per heavy atom. The van der Waals surface area contributed by atoms with Crippen LogP contribution >= 0.6 is 0 Å². The van der Waals surface area contributed by atoms with Crippen LogP contribution in [0.1, 0.15) is 36.0 Å². The summed E-state index contributed by atoms with van der Waals surface area (Å²) in [4.78, 5) is 12.1. The molecule has 0 atom stereocenters. The number of halogens is 3. The van der Waals surface area contributed by atoms with Gasteiger partial charge < -0.3 is 16.2 Å². The van der Waals surface area contributed by atoms with Crippen molar-refractivity contribution in [3.8, 4) is 0 Å². The van der Waals surface area contributed by atoms with Gasteiger partial charge in [-0.2, -0.15) is 0 Å². The van der Waals surface area contributed by atoms with Crippen molar-refractivity contribution < 1.29 is 31.5 Å². The lowest BCUT2D eigenvalue weighted by atomic mass is 9.94. The zero-order chi connectivity index (χ0) is 22.1. The highest BCUT2D eigenvalue weighted by atomic mass is 32.2. The molecule has 0 radical (unpaired) electrons. The maximum Gasteiger partial charge on any atom is 0.255 e. The Balaban J connectivity index is 1.81. The quantitative estimate of drug-likeness (QED) is 0.418. The minimum atomic E-state index is -4.06. The molecule has 0 heterocycles. The number of nitrogen functional groups attached to an aromatic ring is 1. The summed E-state index contributed by atoms with van der Waals surface area (Å²) in [5.41, 5.74) is 5.22. The number of amides is 1. The van der Waals surface area contributed by atoms with Gasteiger partial charge in [-0.15, -0.1) is 0 Å². The first kappa shape index (κ1) is 22.1.